The van der Waals surface area contributed by atoms with E-state index in [1.165, 1.54) is 11.3 Å². The van der Waals surface area contributed by atoms with Crippen LogP contribution in [0.1, 0.15) is 35.1 Å². The average molecular weight is 319 g/mol. The molecular weight excluding hydrogens is 302 g/mol. The highest BCUT2D eigenvalue weighted by Crippen LogP contribution is 2.17. The third-order valence-electron chi connectivity index (χ3n) is 2.84. The molecule has 116 valence electrons. The van der Waals surface area contributed by atoms with E-state index < -0.39 is 0 Å². The lowest BCUT2D eigenvalue weighted by Gasteiger charge is -2.05. The maximum atomic E-state index is 11.8. The van der Waals surface area contributed by atoms with Gasteiger partial charge in [0.2, 0.25) is 5.13 Å². The number of carbonyl (C=O) groups is 2. The number of anilines is 1. The van der Waals surface area contributed by atoms with Crippen LogP contribution in [0.3, 0.4) is 0 Å². The number of hydrogen-bond acceptors (Lipinski definition) is 6. The molecule has 0 bridgehead atoms. The summed E-state index contributed by atoms with van der Waals surface area (Å²) >= 11 is 1.38. The van der Waals surface area contributed by atoms with Crippen molar-refractivity contribution in [3.63, 3.8) is 0 Å². The molecule has 2 aromatic rings. The Labute approximate surface area is 132 Å². The zero-order chi connectivity index (χ0) is 15.8. The minimum Gasteiger partial charge on any atom is -0.484 e. The van der Waals surface area contributed by atoms with Crippen molar-refractivity contribution in [1.29, 1.82) is 0 Å². The van der Waals surface area contributed by atoms with Gasteiger partial charge in [0.1, 0.15) is 17.0 Å². The zero-order valence-electron chi connectivity index (χ0n) is 12.2. The van der Waals surface area contributed by atoms with E-state index in [0.29, 0.717) is 16.4 Å². The Morgan fingerprint density at radius 1 is 1.32 bits per heavy atom. The first-order valence-corrected chi connectivity index (χ1v) is 7.83. The van der Waals surface area contributed by atoms with Crippen LogP contribution in [0.15, 0.2) is 24.3 Å². The molecule has 1 aromatic heterocycles. The second kappa shape index (κ2) is 8.23. The van der Waals surface area contributed by atoms with Gasteiger partial charge in [-0.2, -0.15) is 0 Å². The summed E-state index contributed by atoms with van der Waals surface area (Å²) < 4.78 is 5.34. The Morgan fingerprint density at radius 3 is 2.77 bits per heavy atom. The largest absolute Gasteiger partial charge is 0.484 e. The molecule has 1 aromatic carbocycles. The van der Waals surface area contributed by atoms with Gasteiger partial charge in [0.15, 0.2) is 6.61 Å². The topological polar surface area (TPSA) is 81.2 Å². The molecule has 0 spiro atoms. The Hall–Kier alpha value is -2.28. The zero-order valence-corrected chi connectivity index (χ0v) is 13.1. The van der Waals surface area contributed by atoms with Crippen LogP contribution >= 0.6 is 11.3 Å². The lowest BCUT2D eigenvalue weighted by Crippen LogP contribution is -2.20. The van der Waals surface area contributed by atoms with Crippen molar-refractivity contribution in [1.82, 2.24) is 10.2 Å². The number of ether oxygens (including phenoxy) is 1. The first-order chi connectivity index (χ1) is 10.7. The van der Waals surface area contributed by atoms with Gasteiger partial charge in [0.05, 0.1) is 0 Å². The minimum atomic E-state index is -0.294. The fraction of sp³-hybridized carbons (Fsp3) is 0.333. The van der Waals surface area contributed by atoms with Crippen LogP contribution in [0.4, 0.5) is 5.13 Å². The molecule has 0 atom stereocenters. The Balaban J connectivity index is 1.79. The number of hydrogen-bond donors (Lipinski definition) is 1. The van der Waals surface area contributed by atoms with E-state index in [4.69, 9.17) is 4.74 Å². The summed E-state index contributed by atoms with van der Waals surface area (Å²) in [6.07, 6.45) is 3.78. The first-order valence-electron chi connectivity index (χ1n) is 7.01. The van der Waals surface area contributed by atoms with Crippen molar-refractivity contribution in [2.75, 3.05) is 11.9 Å². The molecule has 0 unspecified atom stereocenters. The smallest absolute Gasteiger partial charge is 0.264 e. The second-order valence-corrected chi connectivity index (χ2v) is 5.69. The number of aryl methyl sites for hydroxylation is 1. The number of nitrogens with one attached hydrogen (secondary N) is 1. The van der Waals surface area contributed by atoms with Crippen molar-refractivity contribution in [2.24, 2.45) is 0 Å². The highest BCUT2D eigenvalue weighted by atomic mass is 32.1. The minimum absolute atomic E-state index is 0.121. The van der Waals surface area contributed by atoms with Crippen molar-refractivity contribution in [2.45, 2.75) is 26.2 Å². The third-order valence-corrected chi connectivity index (χ3v) is 3.74. The number of aldehydes is 1. The summed E-state index contributed by atoms with van der Waals surface area (Å²) in [5.41, 5.74) is 0.560. The lowest BCUT2D eigenvalue weighted by atomic mass is 10.2. The predicted molar refractivity (Wildman–Crippen MR) is 84.5 cm³/mol. The molecule has 2 rings (SSSR count). The molecule has 7 heteroatoms. The van der Waals surface area contributed by atoms with Gasteiger partial charge < -0.3 is 4.74 Å². The summed E-state index contributed by atoms with van der Waals surface area (Å²) in [7, 11) is 0. The predicted octanol–water partition coefficient (Wildman–Crippen LogP) is 2.71. The summed E-state index contributed by atoms with van der Waals surface area (Å²) in [4.78, 5) is 22.3. The number of amides is 1. The van der Waals surface area contributed by atoms with Gasteiger partial charge >= 0.3 is 0 Å². The summed E-state index contributed by atoms with van der Waals surface area (Å²) in [6, 6.07) is 6.55. The van der Waals surface area contributed by atoms with Gasteiger partial charge in [-0.3, -0.25) is 14.9 Å². The quantitative estimate of drug-likeness (QED) is 0.757. The molecule has 0 saturated heterocycles. The number of benzene rings is 1. The van der Waals surface area contributed by atoms with Crippen LogP contribution < -0.4 is 10.1 Å². The fourth-order valence-corrected chi connectivity index (χ4v) is 2.48. The molecule has 0 aliphatic rings. The maximum Gasteiger partial charge on any atom is 0.264 e. The van der Waals surface area contributed by atoms with Crippen LogP contribution in [0, 0.1) is 0 Å². The van der Waals surface area contributed by atoms with E-state index in [1.54, 1.807) is 24.3 Å². The second-order valence-electron chi connectivity index (χ2n) is 4.63. The van der Waals surface area contributed by atoms with E-state index in [2.05, 4.69) is 22.4 Å². The van der Waals surface area contributed by atoms with E-state index in [1.807, 2.05) is 0 Å². The number of carbonyl (C=O) groups excluding carboxylic acids is 2. The monoisotopic (exact) mass is 319 g/mol. The first kappa shape index (κ1) is 16.1. The standard InChI is InChI=1S/C15H17N3O3S/c1-2-3-4-14-17-18-15(22-14)16-13(20)10-21-12-7-5-11(9-19)6-8-12/h5-9H,2-4,10H2,1H3,(H,16,18,20). The number of aromatic nitrogens is 2. The van der Waals surface area contributed by atoms with Crippen molar-refractivity contribution in [3.05, 3.63) is 34.8 Å². The molecule has 0 aliphatic heterocycles. The van der Waals surface area contributed by atoms with Crippen LogP contribution in [0.2, 0.25) is 0 Å². The van der Waals surface area contributed by atoms with Gasteiger partial charge in [-0.1, -0.05) is 24.7 Å². The Morgan fingerprint density at radius 2 is 2.09 bits per heavy atom. The molecule has 0 aliphatic carbocycles. The van der Waals surface area contributed by atoms with Crippen LogP contribution in [-0.4, -0.2) is 29.0 Å². The van der Waals surface area contributed by atoms with Gasteiger partial charge in [0, 0.05) is 12.0 Å². The van der Waals surface area contributed by atoms with E-state index in [0.717, 1.165) is 30.6 Å². The Bertz CT molecular complexity index is 625. The highest BCUT2D eigenvalue weighted by molar-refractivity contribution is 7.15. The van der Waals surface area contributed by atoms with Gasteiger partial charge in [0.25, 0.3) is 5.91 Å². The van der Waals surface area contributed by atoms with Gasteiger partial charge in [-0.05, 0) is 30.7 Å². The number of unbranched alkanes of at least 4 members (excludes halogenated alkanes) is 1. The summed E-state index contributed by atoms with van der Waals surface area (Å²) in [6.45, 7) is 1.99. The van der Waals surface area contributed by atoms with Crippen molar-refractivity contribution < 1.29 is 14.3 Å². The van der Waals surface area contributed by atoms with Crippen molar-refractivity contribution in [3.8, 4) is 5.75 Å². The summed E-state index contributed by atoms with van der Waals surface area (Å²) in [5, 5.41) is 12.0. The fourth-order valence-electron chi connectivity index (χ4n) is 1.68. The van der Waals surface area contributed by atoms with Gasteiger partial charge in [-0.15, -0.1) is 10.2 Å². The highest BCUT2D eigenvalue weighted by Gasteiger charge is 2.08. The Kier molecular flexibility index (Phi) is 6.02. The molecule has 22 heavy (non-hydrogen) atoms. The SMILES string of the molecule is CCCCc1nnc(NC(=O)COc2ccc(C=O)cc2)s1. The van der Waals surface area contributed by atoms with Crippen LogP contribution in [0.25, 0.3) is 0 Å². The van der Waals surface area contributed by atoms with E-state index >= 15 is 0 Å². The van der Waals surface area contributed by atoms with Crippen LogP contribution in [0.5, 0.6) is 5.75 Å². The molecule has 0 fully saturated rings. The molecule has 1 N–H and O–H groups in total. The molecule has 0 radical (unpaired) electrons. The normalized spacial score (nSPS) is 10.2. The van der Waals surface area contributed by atoms with Crippen molar-refractivity contribution >= 4 is 28.7 Å². The average Bonchev–Trinajstić information content (AvgIpc) is 2.98. The number of rotatable bonds is 8. The van der Waals surface area contributed by atoms with Gasteiger partial charge in [-0.25, -0.2) is 0 Å². The molecular formula is C15H17N3O3S. The lowest BCUT2D eigenvalue weighted by molar-refractivity contribution is -0.118. The van der Waals surface area contributed by atoms with E-state index in [9.17, 15) is 9.59 Å². The summed E-state index contributed by atoms with van der Waals surface area (Å²) in [5.74, 6) is 0.235. The molecule has 1 amide bonds. The number of nitrogens with zero attached hydrogens (tertiary/aromatic N) is 2. The van der Waals surface area contributed by atoms with E-state index in [-0.39, 0.29) is 12.5 Å². The molecule has 0 saturated carbocycles. The third kappa shape index (κ3) is 4.92. The maximum absolute atomic E-state index is 11.8. The molecule has 6 nitrogen and oxygen atoms in total. The van der Waals surface area contributed by atoms with Crippen LogP contribution in [-0.2, 0) is 11.2 Å². The molecule has 1 heterocycles.